The molecule has 0 aliphatic carbocycles. The molecule has 188 valence electrons. The van der Waals surface area contributed by atoms with Gasteiger partial charge in [0.15, 0.2) is 0 Å². The normalized spacial score (nSPS) is 13.8. The maximum Gasteiger partial charge on any atom is 0.253 e. The molecule has 1 saturated heterocycles. The lowest BCUT2D eigenvalue weighted by Gasteiger charge is -2.32. The van der Waals surface area contributed by atoms with Crippen LogP contribution in [0.25, 0.3) is 11.3 Å². The molecule has 37 heavy (non-hydrogen) atoms. The highest BCUT2D eigenvalue weighted by Crippen LogP contribution is 2.31. The summed E-state index contributed by atoms with van der Waals surface area (Å²) in [4.78, 5) is 25.8. The summed E-state index contributed by atoms with van der Waals surface area (Å²) in [5.41, 5.74) is 3.65. The van der Waals surface area contributed by atoms with Crippen LogP contribution in [0.1, 0.15) is 15.9 Å². The molecule has 0 bridgehead atoms. The van der Waals surface area contributed by atoms with Crippen molar-refractivity contribution in [2.75, 3.05) is 38.5 Å². The van der Waals surface area contributed by atoms with Gasteiger partial charge in [0.2, 0.25) is 5.95 Å². The number of piperazine rings is 1. The molecule has 1 aliphatic rings. The van der Waals surface area contributed by atoms with Crippen LogP contribution < -0.4 is 10.1 Å². The van der Waals surface area contributed by atoms with Crippen LogP contribution in [0.3, 0.4) is 0 Å². The van der Waals surface area contributed by atoms with E-state index in [0.717, 1.165) is 37.4 Å². The van der Waals surface area contributed by atoms with E-state index in [1.165, 1.54) is 12.1 Å². The number of aromatic nitrogens is 2. The molecular formula is C29H28FN5O2. The highest BCUT2D eigenvalue weighted by atomic mass is 19.1. The number of ether oxygens (including phenoxy) is 1. The number of rotatable bonds is 7. The van der Waals surface area contributed by atoms with Crippen molar-refractivity contribution in [1.29, 1.82) is 0 Å². The zero-order valence-electron chi connectivity index (χ0n) is 20.6. The Labute approximate surface area is 215 Å². The Morgan fingerprint density at radius 3 is 2.49 bits per heavy atom. The van der Waals surface area contributed by atoms with Gasteiger partial charge >= 0.3 is 0 Å². The molecule has 1 aliphatic heterocycles. The highest BCUT2D eigenvalue weighted by molar-refractivity contribution is 5.94. The summed E-state index contributed by atoms with van der Waals surface area (Å²) in [6, 6.07) is 23.2. The Balaban J connectivity index is 1.29. The number of halogens is 1. The van der Waals surface area contributed by atoms with Crippen LogP contribution in [0.4, 0.5) is 16.0 Å². The van der Waals surface area contributed by atoms with Crippen LogP contribution in [-0.4, -0.2) is 58.9 Å². The van der Waals surface area contributed by atoms with Crippen LogP contribution in [0, 0.1) is 5.82 Å². The Hall–Kier alpha value is -4.30. The zero-order chi connectivity index (χ0) is 25.6. The van der Waals surface area contributed by atoms with Crippen LogP contribution in [0.5, 0.6) is 5.75 Å². The van der Waals surface area contributed by atoms with Gasteiger partial charge in [-0.15, -0.1) is 0 Å². The SMILES string of the molecule is CN1CCN(C(=O)c2ccc(Nc3nccc(-c4ccc(F)cc4OCc4ccccc4)n3)cc2)CC1. The molecule has 0 unspecified atom stereocenters. The fourth-order valence-electron chi connectivity index (χ4n) is 4.15. The summed E-state index contributed by atoms with van der Waals surface area (Å²) in [7, 11) is 2.06. The number of carbonyl (C=O) groups excluding carboxylic acids is 1. The van der Waals surface area contributed by atoms with Crippen molar-refractivity contribution in [2.45, 2.75) is 6.61 Å². The van der Waals surface area contributed by atoms with Crippen LogP contribution in [0.15, 0.2) is 85.1 Å². The minimum atomic E-state index is -0.384. The number of anilines is 2. The maximum absolute atomic E-state index is 14.0. The second-order valence-electron chi connectivity index (χ2n) is 8.98. The summed E-state index contributed by atoms with van der Waals surface area (Å²) >= 11 is 0. The number of carbonyl (C=O) groups is 1. The monoisotopic (exact) mass is 497 g/mol. The van der Waals surface area contributed by atoms with Gasteiger partial charge in [-0.05, 0) is 55.1 Å². The van der Waals surface area contributed by atoms with Crippen LogP contribution in [-0.2, 0) is 6.61 Å². The maximum atomic E-state index is 14.0. The van der Waals surface area contributed by atoms with E-state index < -0.39 is 0 Å². The van der Waals surface area contributed by atoms with Gasteiger partial charge < -0.3 is 19.9 Å². The third kappa shape index (κ3) is 6.10. The van der Waals surface area contributed by atoms with Crippen molar-refractivity contribution in [3.05, 3.63) is 102 Å². The molecule has 8 heteroatoms. The zero-order valence-corrected chi connectivity index (χ0v) is 20.6. The van der Waals surface area contributed by atoms with E-state index in [2.05, 4.69) is 27.2 Å². The second-order valence-corrected chi connectivity index (χ2v) is 8.98. The van der Waals surface area contributed by atoms with Crippen molar-refractivity contribution in [3.63, 3.8) is 0 Å². The molecule has 2 heterocycles. The van der Waals surface area contributed by atoms with Gasteiger partial charge in [0, 0.05) is 55.3 Å². The summed E-state index contributed by atoms with van der Waals surface area (Å²) < 4.78 is 20.0. The summed E-state index contributed by atoms with van der Waals surface area (Å²) in [6.45, 7) is 3.54. The summed E-state index contributed by atoms with van der Waals surface area (Å²) in [5, 5.41) is 3.19. The molecule has 7 nitrogen and oxygen atoms in total. The van der Waals surface area contributed by atoms with E-state index in [1.807, 2.05) is 59.5 Å². The summed E-state index contributed by atoms with van der Waals surface area (Å²) in [6.07, 6.45) is 1.64. The number of nitrogens with zero attached hydrogens (tertiary/aromatic N) is 4. The number of likely N-dealkylation sites (N-methyl/N-ethyl adjacent to an activating group) is 1. The lowest BCUT2D eigenvalue weighted by Crippen LogP contribution is -2.47. The molecule has 0 atom stereocenters. The van der Waals surface area contributed by atoms with Crippen molar-refractivity contribution in [2.24, 2.45) is 0 Å². The predicted octanol–water partition coefficient (Wildman–Crippen LogP) is 4.99. The van der Waals surface area contributed by atoms with E-state index in [4.69, 9.17) is 4.74 Å². The average Bonchev–Trinajstić information content (AvgIpc) is 2.93. The van der Waals surface area contributed by atoms with Gasteiger partial charge in [-0.1, -0.05) is 30.3 Å². The molecule has 1 N–H and O–H groups in total. The molecule has 1 amide bonds. The van der Waals surface area contributed by atoms with Gasteiger partial charge in [0.1, 0.15) is 18.2 Å². The molecule has 5 rings (SSSR count). The molecule has 3 aromatic carbocycles. The van der Waals surface area contributed by atoms with Crippen molar-refractivity contribution in [1.82, 2.24) is 19.8 Å². The van der Waals surface area contributed by atoms with E-state index in [1.54, 1.807) is 18.3 Å². The first-order valence-corrected chi connectivity index (χ1v) is 12.2. The first-order chi connectivity index (χ1) is 18.0. The molecule has 0 radical (unpaired) electrons. The summed E-state index contributed by atoms with van der Waals surface area (Å²) in [5.74, 6) is 0.442. The van der Waals surface area contributed by atoms with E-state index >= 15 is 0 Å². The molecule has 1 fully saturated rings. The van der Waals surface area contributed by atoms with Gasteiger partial charge in [-0.3, -0.25) is 4.79 Å². The number of hydrogen-bond acceptors (Lipinski definition) is 6. The molecular weight excluding hydrogens is 469 g/mol. The minimum absolute atomic E-state index is 0.0391. The van der Waals surface area contributed by atoms with Crippen molar-refractivity contribution < 1.29 is 13.9 Å². The Morgan fingerprint density at radius 2 is 1.73 bits per heavy atom. The van der Waals surface area contributed by atoms with Gasteiger partial charge in [-0.2, -0.15) is 0 Å². The van der Waals surface area contributed by atoms with Crippen LogP contribution >= 0.6 is 0 Å². The second kappa shape index (κ2) is 11.2. The molecule has 0 spiro atoms. The number of nitrogens with one attached hydrogen (secondary N) is 1. The quantitative estimate of drug-likeness (QED) is 0.388. The molecule has 4 aromatic rings. The largest absolute Gasteiger partial charge is 0.488 e. The third-order valence-corrected chi connectivity index (χ3v) is 6.29. The Bertz CT molecular complexity index is 1360. The highest BCUT2D eigenvalue weighted by Gasteiger charge is 2.20. The Kier molecular flexibility index (Phi) is 7.37. The number of benzene rings is 3. The van der Waals surface area contributed by atoms with Gasteiger partial charge in [-0.25, -0.2) is 14.4 Å². The number of hydrogen-bond donors (Lipinski definition) is 1. The Morgan fingerprint density at radius 1 is 0.973 bits per heavy atom. The van der Waals surface area contributed by atoms with E-state index in [-0.39, 0.29) is 11.7 Å². The molecule has 0 saturated carbocycles. The van der Waals surface area contributed by atoms with E-state index in [9.17, 15) is 9.18 Å². The topological polar surface area (TPSA) is 70.6 Å². The first-order valence-electron chi connectivity index (χ1n) is 12.2. The fraction of sp³-hybridized carbons (Fsp3) is 0.207. The standard InChI is InChI=1S/C29H28FN5O2/c1-34-15-17-35(18-16-34)28(36)22-7-10-24(11-8-22)32-29-31-14-13-26(33-29)25-12-9-23(30)19-27(25)37-20-21-5-3-2-4-6-21/h2-14,19H,15-18,20H2,1H3,(H,31,32,33). The van der Waals surface area contributed by atoms with E-state index in [0.29, 0.717) is 35.1 Å². The van der Waals surface area contributed by atoms with Crippen LogP contribution in [0.2, 0.25) is 0 Å². The lowest BCUT2D eigenvalue weighted by molar-refractivity contribution is 0.0664. The first kappa shape index (κ1) is 24.4. The smallest absolute Gasteiger partial charge is 0.253 e. The minimum Gasteiger partial charge on any atom is -0.488 e. The number of amides is 1. The third-order valence-electron chi connectivity index (χ3n) is 6.29. The molecule has 1 aromatic heterocycles. The fourth-order valence-corrected chi connectivity index (χ4v) is 4.15. The predicted molar refractivity (Wildman–Crippen MR) is 141 cm³/mol. The van der Waals surface area contributed by atoms with Crippen molar-refractivity contribution >= 4 is 17.5 Å². The van der Waals surface area contributed by atoms with Gasteiger partial charge in [0.05, 0.1) is 5.69 Å². The van der Waals surface area contributed by atoms with Gasteiger partial charge in [0.25, 0.3) is 5.91 Å². The van der Waals surface area contributed by atoms with Crippen molar-refractivity contribution in [3.8, 4) is 17.0 Å². The average molecular weight is 498 g/mol. The lowest BCUT2D eigenvalue weighted by atomic mass is 10.1.